The lowest BCUT2D eigenvalue weighted by atomic mass is 9.92. The molecule has 0 unspecified atom stereocenters. The maximum atomic E-state index is 11.2. The van der Waals surface area contributed by atoms with Gasteiger partial charge in [0.15, 0.2) is 0 Å². The van der Waals surface area contributed by atoms with E-state index >= 15 is 0 Å². The van der Waals surface area contributed by atoms with E-state index in [1.165, 1.54) is 11.1 Å². The van der Waals surface area contributed by atoms with Gasteiger partial charge < -0.3 is 19.7 Å². The molecule has 1 aromatic carbocycles. The highest BCUT2D eigenvalue weighted by Crippen LogP contribution is 2.43. The molecule has 1 fully saturated rings. The Hall–Kier alpha value is -2.62. The van der Waals surface area contributed by atoms with Gasteiger partial charge in [-0.1, -0.05) is 42.0 Å². The summed E-state index contributed by atoms with van der Waals surface area (Å²) in [5.41, 5.74) is 4.97. The number of likely N-dealkylation sites (N-methyl/N-ethyl adjacent to an activating group) is 1. The molecule has 4 aromatic rings. The number of hydrogen-bond acceptors (Lipinski definition) is 7. The Morgan fingerprint density at radius 1 is 1.14 bits per heavy atom. The monoisotopic (exact) mass is 521 g/mol. The van der Waals surface area contributed by atoms with Crippen molar-refractivity contribution in [3.05, 3.63) is 76.3 Å². The van der Waals surface area contributed by atoms with E-state index in [4.69, 9.17) is 16.6 Å². The number of thiazole rings is 1. The quantitative estimate of drug-likeness (QED) is 0.300. The van der Waals surface area contributed by atoms with Crippen LogP contribution in [0.1, 0.15) is 30.1 Å². The van der Waals surface area contributed by atoms with E-state index in [1.54, 1.807) is 17.5 Å². The Morgan fingerprint density at radius 2 is 1.97 bits per heavy atom. The number of benzene rings is 1. The Morgan fingerprint density at radius 3 is 2.78 bits per heavy atom. The lowest BCUT2D eigenvalue weighted by molar-refractivity contribution is 0.0112. The maximum absolute atomic E-state index is 11.2. The van der Waals surface area contributed by atoms with Crippen molar-refractivity contribution in [2.24, 2.45) is 5.92 Å². The summed E-state index contributed by atoms with van der Waals surface area (Å²) in [7, 11) is 2.09. The zero-order valence-electron chi connectivity index (χ0n) is 20.0. The van der Waals surface area contributed by atoms with Crippen LogP contribution < -0.4 is 0 Å². The van der Waals surface area contributed by atoms with Gasteiger partial charge >= 0.3 is 0 Å². The Balaban J connectivity index is 1.36. The molecule has 0 amide bonds. The molecule has 1 saturated carbocycles. The molecule has 4 atom stereocenters. The lowest BCUT2D eigenvalue weighted by Crippen LogP contribution is -2.34. The minimum Gasteiger partial charge on any atom is -0.390 e. The topological polar surface area (TPSA) is 87.3 Å². The number of aliphatic hydroxyl groups is 2. The predicted octanol–water partition coefficient (Wildman–Crippen LogP) is 4.34. The summed E-state index contributed by atoms with van der Waals surface area (Å²) >= 11 is 7.79. The van der Waals surface area contributed by atoms with Gasteiger partial charge in [0.2, 0.25) is 5.28 Å². The summed E-state index contributed by atoms with van der Waals surface area (Å²) < 4.78 is 1.97. The highest BCUT2D eigenvalue weighted by Gasteiger charge is 2.44. The number of hydrogen-bond donors (Lipinski definition) is 2. The maximum Gasteiger partial charge on any atom is 0.224 e. The summed E-state index contributed by atoms with van der Waals surface area (Å²) in [6.07, 6.45) is 6.55. The van der Waals surface area contributed by atoms with Crippen LogP contribution in [0.5, 0.6) is 0 Å². The van der Waals surface area contributed by atoms with Gasteiger partial charge in [0, 0.05) is 54.2 Å². The normalized spacial score (nSPS) is 24.9. The van der Waals surface area contributed by atoms with Gasteiger partial charge in [0.25, 0.3) is 0 Å². The average Bonchev–Trinajstić information content (AvgIpc) is 3.56. The third-order valence-electron chi connectivity index (χ3n) is 7.41. The molecule has 3 aromatic heterocycles. The molecule has 4 heterocycles. The van der Waals surface area contributed by atoms with Crippen molar-refractivity contribution in [1.82, 2.24) is 24.4 Å². The molecule has 1 aliphatic heterocycles. The van der Waals surface area contributed by atoms with Crippen molar-refractivity contribution < 1.29 is 10.2 Å². The average molecular weight is 522 g/mol. The summed E-state index contributed by atoms with van der Waals surface area (Å²) in [6, 6.07) is 9.95. The van der Waals surface area contributed by atoms with Crippen LogP contribution in [0.3, 0.4) is 0 Å². The Labute approximate surface area is 218 Å². The molecule has 2 aliphatic rings. The van der Waals surface area contributed by atoms with Crippen molar-refractivity contribution >= 4 is 34.0 Å². The first-order valence-corrected chi connectivity index (χ1v) is 13.5. The third-order valence-corrected chi connectivity index (χ3v) is 8.51. The van der Waals surface area contributed by atoms with E-state index in [0.717, 1.165) is 47.6 Å². The molecule has 0 saturated heterocycles. The lowest BCUT2D eigenvalue weighted by Gasteiger charge is -2.28. The second-order valence-electron chi connectivity index (χ2n) is 9.83. The molecule has 1 aliphatic carbocycles. The zero-order valence-corrected chi connectivity index (χ0v) is 21.5. The first-order chi connectivity index (χ1) is 17.5. The van der Waals surface area contributed by atoms with Crippen LogP contribution >= 0.6 is 22.9 Å². The molecule has 6 rings (SSSR count). The highest BCUT2D eigenvalue weighted by atomic mass is 35.5. The SMILES string of the molecule is CN1CCC=C([C@H]2C[C@@H](n3cc(-c4nc(Cc5ccccc5)cs4)c4cnc(Cl)nc43)[C@H](O)[C@@H]2O)C1. The van der Waals surface area contributed by atoms with Crippen LogP contribution in [0.4, 0.5) is 0 Å². The number of halogens is 1. The Kier molecular flexibility index (Phi) is 6.39. The number of nitrogens with zero attached hydrogens (tertiary/aromatic N) is 5. The van der Waals surface area contributed by atoms with E-state index < -0.39 is 12.2 Å². The first kappa shape index (κ1) is 23.8. The van der Waals surface area contributed by atoms with Crippen LogP contribution in [0.15, 0.2) is 59.8 Å². The molecule has 2 N–H and O–H groups in total. The van der Waals surface area contributed by atoms with Crippen LogP contribution in [0, 0.1) is 5.92 Å². The molecular formula is C27H28ClN5O2S. The van der Waals surface area contributed by atoms with Gasteiger partial charge in [0.1, 0.15) is 16.8 Å². The molecule has 186 valence electrons. The van der Waals surface area contributed by atoms with Crippen LogP contribution in [-0.2, 0) is 6.42 Å². The molecule has 0 spiro atoms. The standard InChI is InChI=1S/C27H28ClN5O2S/c1-32-9-5-8-17(13-32)19-11-22(24(35)23(19)34)33-14-21(20-12-29-27(28)31-25(20)33)26-30-18(15-36-26)10-16-6-3-2-4-7-16/h2-4,6-8,12,14-15,19,22-24,34-35H,5,9-11,13H2,1H3/t19-,22-,23-,24+/m1/s1. The number of fused-ring (bicyclic) bond motifs is 1. The number of aromatic nitrogens is 4. The molecule has 0 radical (unpaired) electrons. The van der Waals surface area contributed by atoms with Gasteiger partial charge in [-0.15, -0.1) is 11.3 Å². The summed E-state index contributed by atoms with van der Waals surface area (Å²) in [5.74, 6) is -0.0942. The second-order valence-corrected chi connectivity index (χ2v) is 11.0. The van der Waals surface area contributed by atoms with Gasteiger partial charge in [-0.3, -0.25) is 0 Å². The summed E-state index contributed by atoms with van der Waals surface area (Å²) in [4.78, 5) is 15.9. The predicted molar refractivity (Wildman–Crippen MR) is 142 cm³/mol. The second kappa shape index (κ2) is 9.68. The molecule has 0 bridgehead atoms. The smallest absolute Gasteiger partial charge is 0.224 e. The highest BCUT2D eigenvalue weighted by molar-refractivity contribution is 7.13. The summed E-state index contributed by atoms with van der Waals surface area (Å²) in [6.45, 7) is 1.83. The summed E-state index contributed by atoms with van der Waals surface area (Å²) in [5, 5.41) is 26.1. The molecular weight excluding hydrogens is 494 g/mol. The van der Waals surface area contributed by atoms with Gasteiger partial charge in [-0.05, 0) is 37.1 Å². The van der Waals surface area contributed by atoms with Gasteiger partial charge in [-0.25, -0.2) is 9.97 Å². The van der Waals surface area contributed by atoms with Crippen molar-refractivity contribution in [1.29, 1.82) is 0 Å². The fourth-order valence-electron chi connectivity index (χ4n) is 5.60. The number of rotatable bonds is 5. The minimum atomic E-state index is -0.912. The number of aliphatic hydroxyl groups excluding tert-OH is 2. The fraction of sp³-hybridized carbons (Fsp3) is 0.370. The van der Waals surface area contributed by atoms with Gasteiger partial charge in [0.05, 0.1) is 17.8 Å². The van der Waals surface area contributed by atoms with E-state index in [0.29, 0.717) is 12.1 Å². The molecule has 9 heteroatoms. The van der Waals surface area contributed by atoms with Crippen molar-refractivity contribution in [3.63, 3.8) is 0 Å². The fourth-order valence-corrected chi connectivity index (χ4v) is 6.57. The first-order valence-electron chi connectivity index (χ1n) is 12.2. The molecule has 36 heavy (non-hydrogen) atoms. The van der Waals surface area contributed by atoms with Crippen molar-refractivity contribution in [2.75, 3.05) is 20.1 Å². The van der Waals surface area contributed by atoms with E-state index in [2.05, 4.69) is 45.5 Å². The van der Waals surface area contributed by atoms with Crippen molar-refractivity contribution in [3.8, 4) is 10.6 Å². The van der Waals surface area contributed by atoms with Crippen molar-refractivity contribution in [2.45, 2.75) is 37.5 Å². The largest absolute Gasteiger partial charge is 0.390 e. The van der Waals surface area contributed by atoms with Crippen LogP contribution in [0.2, 0.25) is 5.28 Å². The minimum absolute atomic E-state index is 0.0942. The third kappa shape index (κ3) is 4.37. The zero-order chi connectivity index (χ0) is 24.8. The van der Waals surface area contributed by atoms with E-state index in [1.807, 2.05) is 29.0 Å². The van der Waals surface area contributed by atoms with Crippen LogP contribution in [-0.4, -0.2) is 67.0 Å². The van der Waals surface area contributed by atoms with E-state index in [-0.39, 0.29) is 17.2 Å². The Bertz CT molecular complexity index is 1420. The van der Waals surface area contributed by atoms with Crippen LogP contribution in [0.25, 0.3) is 21.6 Å². The molecule has 7 nitrogen and oxygen atoms in total. The van der Waals surface area contributed by atoms with Gasteiger partial charge in [-0.2, -0.15) is 4.98 Å². The van der Waals surface area contributed by atoms with E-state index in [9.17, 15) is 10.2 Å².